The van der Waals surface area contributed by atoms with Gasteiger partial charge in [0.05, 0.1) is 0 Å². The third-order valence-electron chi connectivity index (χ3n) is 5.15. The van der Waals surface area contributed by atoms with Crippen molar-refractivity contribution in [3.05, 3.63) is 30.1 Å². The summed E-state index contributed by atoms with van der Waals surface area (Å²) in [5, 5.41) is 3.87. The number of hydrogen-bond acceptors (Lipinski definition) is 3. The highest BCUT2D eigenvalue weighted by Gasteiger charge is 2.40. The van der Waals surface area contributed by atoms with Crippen molar-refractivity contribution in [2.75, 3.05) is 19.6 Å². The second-order valence-electron chi connectivity index (χ2n) is 6.47. The maximum absolute atomic E-state index is 4.46. The Morgan fingerprint density at radius 2 is 2.20 bits per heavy atom. The van der Waals surface area contributed by atoms with Crippen LogP contribution in [0.15, 0.2) is 24.4 Å². The normalized spacial score (nSPS) is 26.1. The number of pyridine rings is 1. The topological polar surface area (TPSA) is 28.2 Å². The average Bonchev–Trinajstić information content (AvgIpc) is 2.94. The third-order valence-corrected chi connectivity index (χ3v) is 5.15. The minimum atomic E-state index is 0.426. The molecule has 1 atom stereocenters. The summed E-state index contributed by atoms with van der Waals surface area (Å²) in [6.45, 7) is 5.86. The van der Waals surface area contributed by atoms with E-state index in [1.54, 1.807) is 0 Å². The number of aromatic nitrogens is 1. The first kappa shape index (κ1) is 14.0. The molecule has 1 saturated heterocycles. The Balaban J connectivity index is 1.62. The fraction of sp³-hybridized carbons (Fsp3) is 0.706. The molecule has 20 heavy (non-hydrogen) atoms. The quantitative estimate of drug-likeness (QED) is 0.914. The fourth-order valence-electron chi connectivity index (χ4n) is 3.89. The number of nitrogens with zero attached hydrogens (tertiary/aromatic N) is 2. The van der Waals surface area contributed by atoms with Crippen LogP contribution in [-0.4, -0.2) is 41.1 Å². The lowest BCUT2D eigenvalue weighted by Gasteiger charge is -2.46. The van der Waals surface area contributed by atoms with Gasteiger partial charge < -0.3 is 5.32 Å². The van der Waals surface area contributed by atoms with E-state index in [4.69, 9.17) is 0 Å². The summed E-state index contributed by atoms with van der Waals surface area (Å²) in [4.78, 5) is 7.18. The first-order chi connectivity index (χ1) is 9.81. The highest BCUT2D eigenvalue weighted by atomic mass is 15.3. The summed E-state index contributed by atoms with van der Waals surface area (Å²) in [6.07, 6.45) is 9.75. The van der Waals surface area contributed by atoms with Gasteiger partial charge in [0.25, 0.3) is 0 Å². The Morgan fingerprint density at radius 1 is 1.35 bits per heavy atom. The zero-order valence-corrected chi connectivity index (χ0v) is 12.6. The minimum absolute atomic E-state index is 0.426. The lowest BCUT2D eigenvalue weighted by Crippen LogP contribution is -2.63. The van der Waals surface area contributed by atoms with E-state index in [9.17, 15) is 0 Å². The molecule has 3 rings (SSSR count). The maximum Gasteiger partial charge on any atom is 0.0416 e. The summed E-state index contributed by atoms with van der Waals surface area (Å²) >= 11 is 0. The van der Waals surface area contributed by atoms with Crippen LogP contribution in [0, 0.1) is 0 Å². The van der Waals surface area contributed by atoms with Crippen molar-refractivity contribution in [1.29, 1.82) is 0 Å². The smallest absolute Gasteiger partial charge is 0.0416 e. The second kappa shape index (κ2) is 6.23. The Kier molecular flexibility index (Phi) is 4.37. The van der Waals surface area contributed by atoms with Crippen molar-refractivity contribution in [3.63, 3.8) is 0 Å². The molecule has 0 bridgehead atoms. The second-order valence-corrected chi connectivity index (χ2v) is 6.47. The van der Waals surface area contributed by atoms with E-state index >= 15 is 0 Å². The molecular weight excluding hydrogens is 246 g/mol. The van der Waals surface area contributed by atoms with Gasteiger partial charge in [-0.1, -0.05) is 25.8 Å². The van der Waals surface area contributed by atoms with Crippen LogP contribution in [0.4, 0.5) is 0 Å². The Bertz CT molecular complexity index is 412. The fourth-order valence-corrected chi connectivity index (χ4v) is 3.89. The van der Waals surface area contributed by atoms with Crippen LogP contribution in [0.25, 0.3) is 0 Å². The zero-order chi connectivity index (χ0) is 13.8. The zero-order valence-electron chi connectivity index (χ0n) is 12.6. The Hall–Kier alpha value is -0.930. The van der Waals surface area contributed by atoms with Crippen LogP contribution < -0.4 is 5.32 Å². The van der Waals surface area contributed by atoms with Crippen LogP contribution in [-0.2, 0) is 6.42 Å². The van der Waals surface area contributed by atoms with Crippen LogP contribution in [0.3, 0.4) is 0 Å². The summed E-state index contributed by atoms with van der Waals surface area (Å²) in [6, 6.07) is 6.94. The van der Waals surface area contributed by atoms with Crippen LogP contribution in [0.2, 0.25) is 0 Å². The van der Waals surface area contributed by atoms with Gasteiger partial charge in [0.1, 0.15) is 0 Å². The maximum atomic E-state index is 4.46. The molecule has 2 aliphatic rings. The molecule has 3 nitrogen and oxygen atoms in total. The van der Waals surface area contributed by atoms with Crippen molar-refractivity contribution in [3.8, 4) is 0 Å². The van der Waals surface area contributed by atoms with Crippen molar-refractivity contribution in [2.24, 2.45) is 0 Å². The van der Waals surface area contributed by atoms with Crippen LogP contribution >= 0.6 is 0 Å². The van der Waals surface area contributed by atoms with Crippen LogP contribution in [0.1, 0.15) is 44.7 Å². The summed E-state index contributed by atoms with van der Waals surface area (Å²) in [7, 11) is 0. The number of nitrogens with one attached hydrogen (secondary N) is 1. The number of piperazine rings is 1. The van der Waals surface area contributed by atoms with Gasteiger partial charge in [0.15, 0.2) is 0 Å². The molecule has 1 saturated carbocycles. The molecule has 3 heteroatoms. The molecule has 1 spiro atoms. The Morgan fingerprint density at radius 3 is 2.90 bits per heavy atom. The highest BCUT2D eigenvalue weighted by molar-refractivity contribution is 5.05. The molecule has 2 heterocycles. The first-order valence-electron chi connectivity index (χ1n) is 8.20. The standard InChI is InChI=1S/C17H27N3/c1-2-16-13-19-17(9-4-5-10-17)14-20(16)12-8-15-7-3-6-11-18-15/h3,6-7,11,16,19H,2,4-5,8-10,12-14H2,1H3. The molecule has 1 unspecified atom stereocenters. The van der Waals surface area contributed by atoms with Crippen molar-refractivity contribution < 1.29 is 0 Å². The first-order valence-corrected chi connectivity index (χ1v) is 8.20. The minimum Gasteiger partial charge on any atom is -0.308 e. The van der Waals surface area contributed by atoms with Crippen molar-refractivity contribution >= 4 is 0 Å². The molecule has 1 N–H and O–H groups in total. The van der Waals surface area contributed by atoms with E-state index in [1.165, 1.54) is 50.9 Å². The average molecular weight is 273 g/mol. The van der Waals surface area contributed by atoms with Gasteiger partial charge in [0, 0.05) is 49.5 Å². The van der Waals surface area contributed by atoms with E-state index in [1.807, 2.05) is 12.3 Å². The van der Waals surface area contributed by atoms with Gasteiger partial charge in [-0.25, -0.2) is 0 Å². The largest absolute Gasteiger partial charge is 0.308 e. The molecule has 110 valence electrons. The highest BCUT2D eigenvalue weighted by Crippen LogP contribution is 2.33. The number of rotatable bonds is 4. The molecule has 1 aliphatic heterocycles. The molecule has 1 aromatic rings. The predicted octanol–water partition coefficient (Wildman–Crippen LogP) is 2.62. The van der Waals surface area contributed by atoms with Gasteiger partial charge in [0.2, 0.25) is 0 Å². The lowest BCUT2D eigenvalue weighted by molar-refractivity contribution is 0.0792. The summed E-state index contributed by atoms with van der Waals surface area (Å²) in [5.41, 5.74) is 1.65. The lowest BCUT2D eigenvalue weighted by atomic mass is 9.91. The molecule has 1 aliphatic carbocycles. The summed E-state index contributed by atoms with van der Waals surface area (Å²) in [5.74, 6) is 0. The van der Waals surface area contributed by atoms with Crippen molar-refractivity contribution in [1.82, 2.24) is 15.2 Å². The third kappa shape index (κ3) is 3.04. The van der Waals surface area contributed by atoms with E-state index < -0.39 is 0 Å². The van der Waals surface area contributed by atoms with Gasteiger partial charge in [-0.2, -0.15) is 0 Å². The van der Waals surface area contributed by atoms with Gasteiger partial charge in [-0.05, 0) is 31.4 Å². The van der Waals surface area contributed by atoms with Gasteiger partial charge in [-0.15, -0.1) is 0 Å². The van der Waals surface area contributed by atoms with E-state index in [2.05, 4.69) is 34.3 Å². The summed E-state index contributed by atoms with van der Waals surface area (Å²) < 4.78 is 0. The molecule has 1 aromatic heterocycles. The monoisotopic (exact) mass is 273 g/mol. The predicted molar refractivity (Wildman–Crippen MR) is 82.8 cm³/mol. The molecule has 0 amide bonds. The van der Waals surface area contributed by atoms with Gasteiger partial charge >= 0.3 is 0 Å². The van der Waals surface area contributed by atoms with Crippen LogP contribution in [0.5, 0.6) is 0 Å². The Labute approximate surface area is 122 Å². The van der Waals surface area contributed by atoms with E-state index in [0.29, 0.717) is 11.6 Å². The van der Waals surface area contributed by atoms with E-state index in [0.717, 1.165) is 13.0 Å². The van der Waals surface area contributed by atoms with Gasteiger partial charge in [-0.3, -0.25) is 9.88 Å². The number of hydrogen-bond donors (Lipinski definition) is 1. The molecule has 0 aromatic carbocycles. The SMILES string of the molecule is CCC1CNC2(CCCC2)CN1CCc1ccccn1. The molecule has 2 fully saturated rings. The molecular formula is C17H27N3. The molecule has 0 radical (unpaired) electrons. The van der Waals surface area contributed by atoms with Crippen molar-refractivity contribution in [2.45, 2.75) is 57.0 Å². The van der Waals surface area contributed by atoms with E-state index in [-0.39, 0.29) is 0 Å².